The Hall–Kier alpha value is -0.170. The number of hydrogen-bond acceptors (Lipinski definition) is 4. The molecule has 0 spiro atoms. The highest BCUT2D eigenvalue weighted by Gasteiger charge is 2.37. The second-order valence-electron chi connectivity index (χ2n) is 7.37. The van der Waals surface area contributed by atoms with Gasteiger partial charge in [-0.2, -0.15) is 0 Å². The van der Waals surface area contributed by atoms with Gasteiger partial charge in [-0.1, -0.05) is 12.8 Å². The summed E-state index contributed by atoms with van der Waals surface area (Å²) in [6, 6.07) is 0. The van der Waals surface area contributed by atoms with Gasteiger partial charge in [-0.15, -0.1) is 0 Å². The van der Waals surface area contributed by atoms with E-state index in [4.69, 9.17) is 4.74 Å². The fourth-order valence-electron chi connectivity index (χ4n) is 4.18. The second kappa shape index (κ2) is 7.16. The molecular formula is C16H30N2O3S. The molecule has 3 rings (SSSR count). The Labute approximate surface area is 134 Å². The van der Waals surface area contributed by atoms with Crippen molar-refractivity contribution in [3.63, 3.8) is 0 Å². The molecule has 0 unspecified atom stereocenters. The Bertz CT molecular complexity index is 448. The lowest BCUT2D eigenvalue weighted by molar-refractivity contribution is 0.00154. The van der Waals surface area contributed by atoms with Crippen molar-refractivity contribution in [2.45, 2.75) is 56.6 Å². The van der Waals surface area contributed by atoms with E-state index in [2.05, 4.69) is 9.62 Å². The van der Waals surface area contributed by atoms with Crippen molar-refractivity contribution < 1.29 is 13.2 Å². The predicted octanol–water partition coefficient (Wildman–Crippen LogP) is 1.74. The molecule has 2 aliphatic heterocycles. The van der Waals surface area contributed by atoms with Gasteiger partial charge in [-0.25, -0.2) is 13.1 Å². The van der Waals surface area contributed by atoms with Crippen LogP contribution in [0.1, 0.15) is 51.4 Å². The molecule has 1 saturated carbocycles. The van der Waals surface area contributed by atoms with Gasteiger partial charge in [0.2, 0.25) is 10.0 Å². The third kappa shape index (κ3) is 4.02. The molecule has 3 fully saturated rings. The molecule has 0 aromatic heterocycles. The summed E-state index contributed by atoms with van der Waals surface area (Å²) >= 11 is 0. The molecule has 2 saturated heterocycles. The standard InChI is InChI=1S/C16H30N2O3S/c19-22(20,15-5-1-2-6-15)17-13-16(7-11-21-12-8-16)14-18-9-3-4-10-18/h15,17H,1-14H2. The fraction of sp³-hybridized carbons (Fsp3) is 1.00. The number of nitrogens with zero attached hydrogens (tertiary/aromatic N) is 1. The van der Waals surface area contributed by atoms with Gasteiger partial charge < -0.3 is 9.64 Å². The lowest BCUT2D eigenvalue weighted by atomic mass is 9.80. The molecule has 0 amide bonds. The number of likely N-dealkylation sites (tertiary alicyclic amines) is 1. The van der Waals surface area contributed by atoms with Crippen LogP contribution in [0.25, 0.3) is 0 Å². The summed E-state index contributed by atoms with van der Waals surface area (Å²) in [6.45, 7) is 5.46. The molecule has 3 aliphatic rings. The zero-order chi connectivity index (χ0) is 15.5. The maximum Gasteiger partial charge on any atom is 0.214 e. The van der Waals surface area contributed by atoms with E-state index in [0.717, 1.165) is 71.4 Å². The molecule has 0 bridgehead atoms. The summed E-state index contributed by atoms with van der Waals surface area (Å²) in [6.07, 6.45) is 8.26. The van der Waals surface area contributed by atoms with Crippen LogP contribution < -0.4 is 4.72 Å². The summed E-state index contributed by atoms with van der Waals surface area (Å²) < 4.78 is 33.5. The minimum atomic E-state index is -3.14. The minimum absolute atomic E-state index is 0.0638. The Morgan fingerprint density at radius 2 is 1.68 bits per heavy atom. The topological polar surface area (TPSA) is 58.6 Å². The molecule has 0 radical (unpaired) electrons. The molecule has 0 aromatic carbocycles. The van der Waals surface area contributed by atoms with Crippen LogP contribution in [-0.2, 0) is 14.8 Å². The first kappa shape index (κ1) is 16.7. The van der Waals surface area contributed by atoms with Crippen LogP contribution in [0, 0.1) is 5.41 Å². The maximum absolute atomic E-state index is 12.5. The van der Waals surface area contributed by atoms with Crippen LogP contribution in [0.2, 0.25) is 0 Å². The van der Waals surface area contributed by atoms with Crippen LogP contribution in [0.5, 0.6) is 0 Å². The van der Waals surface area contributed by atoms with Crippen molar-refractivity contribution >= 4 is 10.0 Å². The van der Waals surface area contributed by atoms with Crippen molar-refractivity contribution in [2.24, 2.45) is 5.41 Å². The van der Waals surface area contributed by atoms with E-state index in [1.54, 1.807) is 0 Å². The van der Waals surface area contributed by atoms with Gasteiger partial charge in [0.25, 0.3) is 0 Å². The Morgan fingerprint density at radius 3 is 2.32 bits per heavy atom. The lowest BCUT2D eigenvalue weighted by Crippen LogP contribution is -2.49. The van der Waals surface area contributed by atoms with E-state index in [1.807, 2.05) is 0 Å². The van der Waals surface area contributed by atoms with Crippen molar-refractivity contribution in [1.29, 1.82) is 0 Å². The molecule has 6 heteroatoms. The summed E-state index contributed by atoms with van der Waals surface area (Å²) in [5.41, 5.74) is 0.0638. The zero-order valence-electron chi connectivity index (χ0n) is 13.6. The summed E-state index contributed by atoms with van der Waals surface area (Å²) in [7, 11) is -3.14. The quantitative estimate of drug-likeness (QED) is 0.806. The highest BCUT2D eigenvalue weighted by atomic mass is 32.2. The summed E-state index contributed by atoms with van der Waals surface area (Å²) in [5, 5.41) is -0.156. The highest BCUT2D eigenvalue weighted by molar-refractivity contribution is 7.90. The maximum atomic E-state index is 12.5. The van der Waals surface area contributed by atoms with Gasteiger partial charge in [0.05, 0.1) is 5.25 Å². The largest absolute Gasteiger partial charge is 0.381 e. The highest BCUT2D eigenvalue weighted by Crippen LogP contribution is 2.33. The first-order valence-corrected chi connectivity index (χ1v) is 10.4. The van der Waals surface area contributed by atoms with Gasteiger partial charge in [-0.3, -0.25) is 0 Å². The first-order valence-electron chi connectivity index (χ1n) is 8.88. The number of nitrogens with one attached hydrogen (secondary N) is 1. The zero-order valence-corrected chi connectivity index (χ0v) is 14.4. The van der Waals surface area contributed by atoms with Crippen molar-refractivity contribution in [3.05, 3.63) is 0 Å². The van der Waals surface area contributed by atoms with Gasteiger partial charge in [0, 0.05) is 31.7 Å². The molecule has 1 aliphatic carbocycles. The van der Waals surface area contributed by atoms with Crippen LogP contribution in [0.3, 0.4) is 0 Å². The molecule has 128 valence electrons. The van der Waals surface area contributed by atoms with E-state index >= 15 is 0 Å². The second-order valence-corrected chi connectivity index (χ2v) is 9.41. The van der Waals surface area contributed by atoms with Crippen molar-refractivity contribution in [1.82, 2.24) is 9.62 Å². The minimum Gasteiger partial charge on any atom is -0.381 e. The SMILES string of the molecule is O=S(=O)(NCC1(CN2CCCC2)CCOCC1)C1CCCC1. The molecule has 1 N–H and O–H groups in total. The molecule has 5 nitrogen and oxygen atoms in total. The van der Waals surface area contributed by atoms with E-state index in [-0.39, 0.29) is 10.7 Å². The predicted molar refractivity (Wildman–Crippen MR) is 87.3 cm³/mol. The number of ether oxygens (including phenoxy) is 1. The van der Waals surface area contributed by atoms with Crippen LogP contribution in [-0.4, -0.2) is 58.0 Å². The molecule has 2 heterocycles. The van der Waals surface area contributed by atoms with E-state index in [9.17, 15) is 8.42 Å². The molecular weight excluding hydrogens is 300 g/mol. The van der Waals surface area contributed by atoms with E-state index in [0.29, 0.717) is 6.54 Å². The van der Waals surface area contributed by atoms with E-state index < -0.39 is 10.0 Å². The fourth-order valence-corrected chi connectivity index (χ4v) is 5.88. The average Bonchev–Trinajstić information content (AvgIpc) is 3.20. The Morgan fingerprint density at radius 1 is 1.05 bits per heavy atom. The van der Waals surface area contributed by atoms with Gasteiger partial charge in [0.15, 0.2) is 0 Å². The normalized spacial score (nSPS) is 27.5. The number of sulfonamides is 1. The monoisotopic (exact) mass is 330 g/mol. The first-order chi connectivity index (χ1) is 10.6. The summed E-state index contributed by atoms with van der Waals surface area (Å²) in [4.78, 5) is 2.51. The molecule has 22 heavy (non-hydrogen) atoms. The Kier molecular flexibility index (Phi) is 5.43. The smallest absolute Gasteiger partial charge is 0.214 e. The van der Waals surface area contributed by atoms with Crippen LogP contribution >= 0.6 is 0 Å². The van der Waals surface area contributed by atoms with E-state index in [1.165, 1.54) is 12.8 Å². The third-order valence-electron chi connectivity index (χ3n) is 5.70. The lowest BCUT2D eigenvalue weighted by Gasteiger charge is -2.40. The van der Waals surface area contributed by atoms with Gasteiger partial charge >= 0.3 is 0 Å². The summed E-state index contributed by atoms with van der Waals surface area (Å²) in [5.74, 6) is 0. The van der Waals surface area contributed by atoms with Crippen molar-refractivity contribution in [2.75, 3.05) is 39.4 Å². The average molecular weight is 330 g/mol. The third-order valence-corrected chi connectivity index (χ3v) is 7.60. The number of hydrogen-bond donors (Lipinski definition) is 1. The van der Waals surface area contributed by atoms with Gasteiger partial charge in [-0.05, 0) is 51.6 Å². The van der Waals surface area contributed by atoms with Crippen LogP contribution in [0.4, 0.5) is 0 Å². The Balaban J connectivity index is 1.61. The van der Waals surface area contributed by atoms with Crippen LogP contribution in [0.15, 0.2) is 0 Å². The number of rotatable bonds is 6. The van der Waals surface area contributed by atoms with Crippen molar-refractivity contribution in [3.8, 4) is 0 Å². The molecule has 0 atom stereocenters. The van der Waals surface area contributed by atoms with Gasteiger partial charge in [0.1, 0.15) is 0 Å². The molecule has 0 aromatic rings.